The van der Waals surface area contributed by atoms with Crippen molar-refractivity contribution >= 4 is 5.97 Å². The molecule has 0 aromatic carbocycles. The van der Waals surface area contributed by atoms with Crippen LogP contribution in [0, 0.1) is 0 Å². The van der Waals surface area contributed by atoms with Gasteiger partial charge in [0.1, 0.15) is 0 Å². The topological polar surface area (TPSA) is 26.3 Å². The molecule has 0 rings (SSSR count). The molecule has 0 bridgehead atoms. The number of hydrogen-bond donors (Lipinski definition) is 0. The van der Waals surface area contributed by atoms with E-state index < -0.39 is 17.7 Å². The van der Waals surface area contributed by atoms with Crippen LogP contribution in [0.25, 0.3) is 0 Å². The van der Waals surface area contributed by atoms with Crippen molar-refractivity contribution < 1.29 is 22.7 Å². The summed E-state index contributed by atoms with van der Waals surface area (Å²) in [4.78, 5) is 11.3. The van der Waals surface area contributed by atoms with Crippen LogP contribution < -0.4 is 0 Å². The Hall–Kier alpha value is -1.00. The summed E-state index contributed by atoms with van der Waals surface area (Å²) in [5.74, 6) is -0.883. The number of ether oxygens (including phenoxy) is 1. The molecule has 21 heavy (non-hydrogen) atoms. The normalized spacial score (nSPS) is 12.5. The van der Waals surface area contributed by atoms with Gasteiger partial charge < -0.3 is 4.74 Å². The van der Waals surface area contributed by atoms with Crippen LogP contribution in [0.4, 0.5) is 13.2 Å². The molecule has 2 nitrogen and oxygen atoms in total. The average molecular weight is 308 g/mol. The molecule has 0 atom stereocenters. The highest BCUT2D eigenvalue weighted by molar-refractivity contribution is 5.87. The van der Waals surface area contributed by atoms with E-state index in [0.717, 1.165) is 19.8 Å². The second-order valence-corrected chi connectivity index (χ2v) is 5.33. The molecule has 0 spiro atoms. The maximum absolute atomic E-state index is 12.0. The molecule has 0 radical (unpaired) electrons. The van der Waals surface area contributed by atoms with E-state index in [-0.39, 0.29) is 12.7 Å². The van der Waals surface area contributed by atoms with E-state index in [1.165, 1.54) is 38.5 Å². The summed E-state index contributed by atoms with van der Waals surface area (Å²) < 4.78 is 40.9. The van der Waals surface area contributed by atoms with E-state index in [9.17, 15) is 18.0 Å². The Balaban J connectivity index is 3.51. The number of rotatable bonds is 11. The van der Waals surface area contributed by atoms with Gasteiger partial charge in [0.25, 0.3) is 0 Å². The Morgan fingerprint density at radius 1 is 0.952 bits per heavy atom. The van der Waals surface area contributed by atoms with Crippen molar-refractivity contribution in [3.05, 3.63) is 11.6 Å². The fourth-order valence-electron chi connectivity index (χ4n) is 2.00. The quantitative estimate of drug-likeness (QED) is 0.283. The maximum Gasteiger partial charge on any atom is 0.410 e. The van der Waals surface area contributed by atoms with Gasteiger partial charge in [-0.05, 0) is 13.3 Å². The van der Waals surface area contributed by atoms with Gasteiger partial charge in [-0.2, -0.15) is 13.2 Å². The van der Waals surface area contributed by atoms with E-state index in [4.69, 9.17) is 4.74 Å². The Morgan fingerprint density at radius 3 is 1.90 bits per heavy atom. The Morgan fingerprint density at radius 2 is 1.43 bits per heavy atom. The van der Waals surface area contributed by atoms with Crippen molar-refractivity contribution in [2.45, 2.75) is 77.8 Å². The predicted molar refractivity (Wildman–Crippen MR) is 78.0 cm³/mol. The third-order valence-electron chi connectivity index (χ3n) is 3.18. The second kappa shape index (κ2) is 11.6. The first kappa shape index (κ1) is 20.0. The molecule has 0 aliphatic rings. The van der Waals surface area contributed by atoms with Gasteiger partial charge in [0, 0.05) is 11.6 Å². The standard InChI is InChI=1S/C16H27F3O2/c1-3-4-5-6-7-8-9-10-11-12-21-15(20)14(2)13-16(17,18)19/h13H,3-12H2,1-2H3. The lowest BCUT2D eigenvalue weighted by Crippen LogP contribution is -2.11. The molecule has 0 heterocycles. The monoisotopic (exact) mass is 308 g/mol. The first-order valence-corrected chi connectivity index (χ1v) is 7.80. The summed E-state index contributed by atoms with van der Waals surface area (Å²) in [5, 5.41) is 0. The Kier molecular flexibility index (Phi) is 11.1. The van der Waals surface area contributed by atoms with Crippen LogP contribution in [0.3, 0.4) is 0 Å². The lowest BCUT2D eigenvalue weighted by atomic mass is 10.1. The molecule has 0 saturated heterocycles. The predicted octanol–water partition coefficient (Wildman–Crippen LogP) is 5.57. The summed E-state index contributed by atoms with van der Waals surface area (Å²) in [6.07, 6.45) is 5.74. The summed E-state index contributed by atoms with van der Waals surface area (Å²) in [7, 11) is 0. The fraction of sp³-hybridized carbons (Fsp3) is 0.812. The van der Waals surface area contributed by atoms with Crippen LogP contribution in [0.5, 0.6) is 0 Å². The van der Waals surface area contributed by atoms with Crippen molar-refractivity contribution in [1.82, 2.24) is 0 Å². The minimum atomic E-state index is -4.47. The minimum absolute atomic E-state index is 0.0222. The van der Waals surface area contributed by atoms with Crippen LogP contribution in [-0.2, 0) is 9.53 Å². The summed E-state index contributed by atoms with van der Waals surface area (Å²) in [6.45, 7) is 3.50. The number of allylic oxidation sites excluding steroid dienone is 1. The zero-order valence-corrected chi connectivity index (χ0v) is 13.1. The van der Waals surface area contributed by atoms with Crippen LogP contribution in [0.15, 0.2) is 11.6 Å². The first-order valence-electron chi connectivity index (χ1n) is 7.80. The van der Waals surface area contributed by atoms with Crippen molar-refractivity contribution in [2.75, 3.05) is 6.61 Å². The highest BCUT2D eigenvalue weighted by atomic mass is 19.4. The van der Waals surface area contributed by atoms with E-state index >= 15 is 0 Å². The SMILES string of the molecule is CCCCCCCCCCCOC(=O)C(C)=CC(F)(F)F. The fourth-order valence-corrected chi connectivity index (χ4v) is 2.00. The third-order valence-corrected chi connectivity index (χ3v) is 3.18. The largest absolute Gasteiger partial charge is 0.462 e. The first-order chi connectivity index (χ1) is 9.87. The number of carbonyl (C=O) groups excluding carboxylic acids is 1. The van der Waals surface area contributed by atoms with Crippen LogP contribution in [0.1, 0.15) is 71.6 Å². The third kappa shape index (κ3) is 13.7. The Labute approximate surface area is 125 Å². The van der Waals surface area contributed by atoms with Gasteiger partial charge >= 0.3 is 12.1 Å². The molecule has 0 saturated carbocycles. The van der Waals surface area contributed by atoms with E-state index in [1.807, 2.05) is 0 Å². The van der Waals surface area contributed by atoms with Crippen LogP contribution in [-0.4, -0.2) is 18.8 Å². The Bertz CT molecular complexity index is 309. The molecule has 0 aliphatic carbocycles. The molecule has 0 unspecified atom stereocenters. The lowest BCUT2D eigenvalue weighted by molar-refractivity contribution is -0.139. The van der Waals surface area contributed by atoms with Gasteiger partial charge in [-0.1, -0.05) is 58.3 Å². The zero-order valence-electron chi connectivity index (χ0n) is 13.1. The molecule has 124 valence electrons. The second-order valence-electron chi connectivity index (χ2n) is 5.33. The number of halogens is 3. The summed E-state index contributed by atoms with van der Waals surface area (Å²) in [6, 6.07) is 0. The minimum Gasteiger partial charge on any atom is -0.462 e. The molecule has 0 N–H and O–H groups in total. The maximum atomic E-state index is 12.0. The number of esters is 1. The summed E-state index contributed by atoms with van der Waals surface area (Å²) >= 11 is 0. The molecule has 0 aliphatic heterocycles. The van der Waals surface area contributed by atoms with Gasteiger partial charge in [-0.3, -0.25) is 0 Å². The molecule has 5 heteroatoms. The highest BCUT2D eigenvalue weighted by Gasteiger charge is 2.25. The number of carbonyl (C=O) groups is 1. The number of alkyl halides is 3. The zero-order chi connectivity index (χ0) is 16.1. The smallest absolute Gasteiger partial charge is 0.410 e. The van der Waals surface area contributed by atoms with Gasteiger partial charge in [0.2, 0.25) is 0 Å². The van der Waals surface area contributed by atoms with Crippen molar-refractivity contribution in [1.29, 1.82) is 0 Å². The molecule has 0 aromatic rings. The van der Waals surface area contributed by atoms with Crippen molar-refractivity contribution in [2.24, 2.45) is 0 Å². The van der Waals surface area contributed by atoms with Gasteiger partial charge in [-0.25, -0.2) is 4.79 Å². The van der Waals surface area contributed by atoms with Crippen LogP contribution >= 0.6 is 0 Å². The van der Waals surface area contributed by atoms with Crippen LogP contribution in [0.2, 0.25) is 0 Å². The number of unbranched alkanes of at least 4 members (excludes halogenated alkanes) is 8. The molecule has 0 amide bonds. The molecule has 0 aromatic heterocycles. The molecular formula is C16H27F3O2. The lowest BCUT2D eigenvalue weighted by Gasteiger charge is -2.06. The summed E-state index contributed by atoms with van der Waals surface area (Å²) in [5.41, 5.74) is -0.404. The highest BCUT2D eigenvalue weighted by Crippen LogP contribution is 2.19. The van der Waals surface area contributed by atoms with Gasteiger partial charge in [0.05, 0.1) is 6.61 Å². The number of hydrogen-bond acceptors (Lipinski definition) is 2. The van der Waals surface area contributed by atoms with E-state index in [2.05, 4.69) is 6.92 Å². The van der Waals surface area contributed by atoms with Gasteiger partial charge in [0.15, 0.2) is 0 Å². The molecular weight excluding hydrogens is 281 g/mol. The van der Waals surface area contributed by atoms with E-state index in [1.54, 1.807) is 0 Å². The van der Waals surface area contributed by atoms with Crippen molar-refractivity contribution in [3.8, 4) is 0 Å². The van der Waals surface area contributed by atoms with Gasteiger partial charge in [-0.15, -0.1) is 0 Å². The average Bonchev–Trinajstić information content (AvgIpc) is 2.38. The molecule has 0 fully saturated rings. The van der Waals surface area contributed by atoms with E-state index in [0.29, 0.717) is 6.42 Å². The van der Waals surface area contributed by atoms with Crippen molar-refractivity contribution in [3.63, 3.8) is 0 Å².